The van der Waals surface area contributed by atoms with Gasteiger partial charge in [-0.15, -0.1) is 0 Å². The van der Waals surface area contributed by atoms with Gasteiger partial charge < -0.3 is 64.5 Å². The van der Waals surface area contributed by atoms with Gasteiger partial charge in [-0.3, -0.25) is 4.79 Å². The van der Waals surface area contributed by atoms with E-state index in [2.05, 4.69) is 0 Å². The number of phenolic OH excluding ortho intramolecular Hbond substituents is 2. The van der Waals surface area contributed by atoms with Gasteiger partial charge >= 0.3 is 0 Å². The molecular weight excluding hydrogens is 548 g/mol. The summed E-state index contributed by atoms with van der Waals surface area (Å²) >= 11 is 0. The van der Waals surface area contributed by atoms with Gasteiger partial charge in [0.15, 0.2) is 12.0 Å². The average Bonchev–Trinajstić information content (AvgIpc) is 3.25. The van der Waals surface area contributed by atoms with Crippen LogP contribution in [0, 0.1) is 0 Å². The molecule has 0 saturated carbocycles. The second-order valence-corrected chi connectivity index (χ2v) is 10.00. The fraction of sp³-hybridized carbons (Fsp3) is 0.444. The maximum absolute atomic E-state index is 13.2. The van der Waals surface area contributed by atoms with Gasteiger partial charge in [-0.05, 0) is 30.7 Å². The SMILES string of the molecule is CC1O[C@@H](OC[C@H]2O[C@@H](Oc3cc(O)cc4c3C(=O)/C(=C\c3ccc(O)cc3)O4)C(O)C(O)[C@@H]2O)[C@@H](O)C(O)[C@H]1O. The Kier molecular flexibility index (Phi) is 8.20. The number of fused-ring (bicyclic) bond motifs is 1. The Morgan fingerprint density at radius 1 is 0.805 bits per heavy atom. The molecule has 14 nitrogen and oxygen atoms in total. The van der Waals surface area contributed by atoms with Crippen LogP contribution in [0.5, 0.6) is 23.0 Å². The topological polar surface area (TPSA) is 225 Å². The zero-order chi connectivity index (χ0) is 29.6. The summed E-state index contributed by atoms with van der Waals surface area (Å²) in [7, 11) is 0. The van der Waals surface area contributed by atoms with Crippen LogP contribution in [0.25, 0.3) is 6.08 Å². The molecule has 2 aromatic rings. The summed E-state index contributed by atoms with van der Waals surface area (Å²) in [5.74, 6) is -1.33. The molecule has 2 fully saturated rings. The van der Waals surface area contributed by atoms with Crippen LogP contribution in [0.2, 0.25) is 0 Å². The Hall–Kier alpha value is -3.31. The monoisotopic (exact) mass is 578 g/mol. The summed E-state index contributed by atoms with van der Waals surface area (Å²) in [6.45, 7) is 0.942. The normalized spacial score (nSPS) is 36.2. The first-order valence-electron chi connectivity index (χ1n) is 12.7. The average molecular weight is 579 g/mol. The minimum Gasteiger partial charge on any atom is -0.508 e. The van der Waals surface area contributed by atoms with Gasteiger partial charge in [-0.1, -0.05) is 12.1 Å². The van der Waals surface area contributed by atoms with Gasteiger partial charge in [0.25, 0.3) is 0 Å². The van der Waals surface area contributed by atoms with Gasteiger partial charge in [-0.25, -0.2) is 0 Å². The molecule has 3 heterocycles. The molecule has 3 aliphatic heterocycles. The first kappa shape index (κ1) is 29.2. The fourth-order valence-electron chi connectivity index (χ4n) is 4.70. The fourth-order valence-corrected chi connectivity index (χ4v) is 4.70. The molecule has 2 aromatic carbocycles. The van der Waals surface area contributed by atoms with Crippen molar-refractivity contribution in [3.05, 3.63) is 53.3 Å². The van der Waals surface area contributed by atoms with Crippen LogP contribution in [0.15, 0.2) is 42.2 Å². The molecule has 3 aliphatic rings. The molecule has 222 valence electrons. The Morgan fingerprint density at radius 2 is 1.46 bits per heavy atom. The van der Waals surface area contributed by atoms with E-state index in [4.69, 9.17) is 23.7 Å². The maximum Gasteiger partial charge on any atom is 0.235 e. The number of rotatable bonds is 6. The van der Waals surface area contributed by atoms with E-state index in [9.17, 15) is 45.6 Å². The number of phenols is 2. The molecule has 5 rings (SSSR count). The Bertz CT molecular complexity index is 1300. The van der Waals surface area contributed by atoms with E-state index < -0.39 is 73.8 Å². The van der Waals surface area contributed by atoms with Crippen molar-refractivity contribution >= 4 is 11.9 Å². The minimum atomic E-state index is -1.81. The highest BCUT2D eigenvalue weighted by atomic mass is 16.7. The lowest BCUT2D eigenvalue weighted by Crippen LogP contribution is -2.61. The van der Waals surface area contributed by atoms with Crippen LogP contribution in [-0.4, -0.2) is 115 Å². The van der Waals surface area contributed by atoms with Gasteiger partial charge in [0.2, 0.25) is 12.1 Å². The third-order valence-electron chi connectivity index (χ3n) is 7.06. The number of carbonyl (C=O) groups excluding carboxylic acids is 1. The molecule has 8 N–H and O–H groups in total. The number of aliphatic hydroxyl groups excluding tert-OH is 6. The lowest BCUT2D eigenvalue weighted by Gasteiger charge is -2.42. The van der Waals surface area contributed by atoms with E-state index >= 15 is 0 Å². The number of benzene rings is 2. The van der Waals surface area contributed by atoms with Crippen LogP contribution in [-0.2, 0) is 14.2 Å². The molecule has 10 atom stereocenters. The molecule has 2 saturated heterocycles. The lowest BCUT2D eigenvalue weighted by molar-refractivity contribution is -0.318. The summed E-state index contributed by atoms with van der Waals surface area (Å²) in [6, 6.07) is 8.23. The number of carbonyl (C=O) groups is 1. The maximum atomic E-state index is 13.2. The highest BCUT2D eigenvalue weighted by Gasteiger charge is 2.48. The smallest absolute Gasteiger partial charge is 0.235 e. The summed E-state index contributed by atoms with van der Waals surface area (Å²) in [5.41, 5.74) is 0.442. The molecule has 0 spiro atoms. The highest BCUT2D eigenvalue weighted by Crippen LogP contribution is 2.42. The molecular formula is C27H30O14. The van der Waals surface area contributed by atoms with Gasteiger partial charge in [0.1, 0.15) is 71.3 Å². The van der Waals surface area contributed by atoms with E-state index in [0.29, 0.717) is 5.56 Å². The van der Waals surface area contributed by atoms with Crippen molar-refractivity contribution in [2.45, 2.75) is 68.3 Å². The van der Waals surface area contributed by atoms with Crippen molar-refractivity contribution in [3.63, 3.8) is 0 Å². The summed E-state index contributed by atoms with van der Waals surface area (Å²) in [4.78, 5) is 13.2. The summed E-state index contributed by atoms with van der Waals surface area (Å²) < 4.78 is 27.8. The van der Waals surface area contributed by atoms with Gasteiger partial charge in [0.05, 0.1) is 12.7 Å². The van der Waals surface area contributed by atoms with E-state index in [0.717, 1.165) is 6.07 Å². The number of Topliss-reactive ketones (excluding diaryl/α,β-unsaturated/α-hetero) is 1. The van der Waals surface area contributed by atoms with Crippen molar-refractivity contribution in [2.24, 2.45) is 0 Å². The van der Waals surface area contributed by atoms with E-state index in [1.807, 2.05) is 0 Å². The first-order chi connectivity index (χ1) is 19.4. The molecule has 0 bridgehead atoms. The molecule has 14 heteroatoms. The molecule has 0 radical (unpaired) electrons. The van der Waals surface area contributed by atoms with Gasteiger partial charge in [-0.2, -0.15) is 0 Å². The van der Waals surface area contributed by atoms with E-state index in [1.165, 1.54) is 31.2 Å². The molecule has 4 unspecified atom stereocenters. The van der Waals surface area contributed by atoms with Crippen molar-refractivity contribution in [1.29, 1.82) is 0 Å². The number of hydrogen-bond acceptors (Lipinski definition) is 14. The largest absolute Gasteiger partial charge is 0.508 e. The Labute approximate surface area is 232 Å². The van der Waals surface area contributed by atoms with Crippen LogP contribution in [0.3, 0.4) is 0 Å². The first-order valence-corrected chi connectivity index (χ1v) is 12.7. The van der Waals surface area contributed by atoms with Crippen molar-refractivity contribution in [3.8, 4) is 23.0 Å². The highest BCUT2D eigenvalue weighted by molar-refractivity contribution is 6.16. The van der Waals surface area contributed by atoms with Crippen LogP contribution in [0.4, 0.5) is 0 Å². The third kappa shape index (κ3) is 5.74. The van der Waals surface area contributed by atoms with E-state index in [-0.39, 0.29) is 34.3 Å². The number of hydrogen-bond donors (Lipinski definition) is 8. The van der Waals surface area contributed by atoms with Crippen molar-refractivity contribution < 1.29 is 69.3 Å². The molecule has 0 aliphatic carbocycles. The quantitative estimate of drug-likeness (QED) is 0.187. The predicted molar refractivity (Wildman–Crippen MR) is 135 cm³/mol. The number of ketones is 1. The molecule has 0 amide bonds. The van der Waals surface area contributed by atoms with E-state index in [1.54, 1.807) is 12.1 Å². The number of ether oxygens (including phenoxy) is 5. The second kappa shape index (κ2) is 11.5. The number of allylic oxidation sites excluding steroid dienone is 1. The predicted octanol–water partition coefficient (Wildman–Crippen LogP) is -1.26. The third-order valence-corrected chi connectivity index (χ3v) is 7.06. The van der Waals surface area contributed by atoms with Crippen LogP contribution in [0.1, 0.15) is 22.8 Å². The minimum absolute atomic E-state index is 0.0326. The molecule has 0 aromatic heterocycles. The molecule has 41 heavy (non-hydrogen) atoms. The number of aromatic hydroxyl groups is 2. The second-order valence-electron chi connectivity index (χ2n) is 10.00. The van der Waals surface area contributed by atoms with Crippen molar-refractivity contribution in [2.75, 3.05) is 6.61 Å². The zero-order valence-electron chi connectivity index (χ0n) is 21.5. The van der Waals surface area contributed by atoms with Crippen LogP contribution >= 0.6 is 0 Å². The zero-order valence-corrected chi connectivity index (χ0v) is 21.5. The standard InChI is InChI=1S/C27H30O14/c1-10-19(30)22(33)24(35)26(38-10)37-9-17-21(32)23(34)25(36)27(41-17)40-15-8-13(29)7-14-18(15)20(31)16(39-14)6-11-2-4-12(28)5-3-11/h2-8,10,17,19,21-30,32-36H,9H2,1H3/b16-6+/t10?,17-,19+,21-,22?,23?,24+,25?,26-,27-/m1/s1. The summed E-state index contributed by atoms with van der Waals surface area (Å²) in [6.07, 6.45) is -13.7. The Balaban J connectivity index is 1.33. The van der Waals surface area contributed by atoms with Gasteiger partial charge in [0, 0.05) is 12.1 Å². The number of aliphatic hydroxyl groups is 6. The summed E-state index contributed by atoms with van der Waals surface area (Å²) in [5, 5.41) is 81.2. The van der Waals surface area contributed by atoms with Crippen LogP contribution < -0.4 is 9.47 Å². The lowest BCUT2D eigenvalue weighted by atomic mass is 9.98. The van der Waals surface area contributed by atoms with Crippen molar-refractivity contribution in [1.82, 2.24) is 0 Å². The Morgan fingerprint density at radius 3 is 2.17 bits per heavy atom.